The van der Waals surface area contributed by atoms with Crippen molar-refractivity contribution >= 4 is 29.4 Å². The van der Waals surface area contributed by atoms with Crippen LogP contribution in [0.1, 0.15) is 49.1 Å². The highest BCUT2D eigenvalue weighted by Crippen LogP contribution is 2.36. The summed E-state index contributed by atoms with van der Waals surface area (Å²) in [6.45, 7) is 9.73. The van der Waals surface area contributed by atoms with Gasteiger partial charge in [0.1, 0.15) is 12.4 Å². The minimum Gasteiger partial charge on any atom is -0.490 e. The van der Waals surface area contributed by atoms with Crippen LogP contribution in [0.4, 0.5) is 0 Å². The molecule has 49 heavy (non-hydrogen) atoms. The quantitative estimate of drug-likeness (QED) is 0.134. The van der Waals surface area contributed by atoms with Crippen LogP contribution in [0.25, 0.3) is 6.08 Å². The van der Waals surface area contributed by atoms with Crippen molar-refractivity contribution in [1.29, 1.82) is 0 Å². The summed E-state index contributed by atoms with van der Waals surface area (Å²) >= 11 is 1.23. The number of aromatic nitrogens is 1. The number of ether oxygens (including phenoxy) is 5. The van der Waals surface area contributed by atoms with E-state index in [0.717, 1.165) is 22.4 Å². The van der Waals surface area contributed by atoms with E-state index in [0.29, 0.717) is 51.7 Å². The summed E-state index contributed by atoms with van der Waals surface area (Å²) in [6, 6.07) is 19.9. The molecule has 10 nitrogen and oxygen atoms in total. The summed E-state index contributed by atoms with van der Waals surface area (Å²) in [5.41, 5.74) is 3.73. The predicted octanol–water partition coefficient (Wildman–Crippen LogP) is 5.06. The van der Waals surface area contributed by atoms with Crippen LogP contribution in [0.2, 0.25) is 0 Å². The van der Waals surface area contributed by atoms with Crippen LogP contribution in [0, 0.1) is 0 Å². The van der Waals surface area contributed by atoms with Crippen molar-refractivity contribution in [3.8, 4) is 17.2 Å². The summed E-state index contributed by atoms with van der Waals surface area (Å²) in [5.74, 6) is 0.266. The van der Waals surface area contributed by atoms with Gasteiger partial charge in [-0.25, -0.2) is 14.6 Å². The number of methoxy groups -OCH3 is 1. The van der Waals surface area contributed by atoms with Gasteiger partial charge in [-0.3, -0.25) is 9.36 Å². The van der Waals surface area contributed by atoms with Crippen LogP contribution in [0.3, 0.4) is 0 Å². The van der Waals surface area contributed by atoms with Gasteiger partial charge >= 0.3 is 11.9 Å². The highest BCUT2D eigenvalue weighted by molar-refractivity contribution is 7.07. The molecular weight excluding hydrogens is 644 g/mol. The zero-order valence-corrected chi connectivity index (χ0v) is 28.7. The summed E-state index contributed by atoms with van der Waals surface area (Å²) in [4.78, 5) is 44.5. The molecule has 0 radical (unpaired) electrons. The van der Waals surface area contributed by atoms with Crippen LogP contribution in [-0.4, -0.2) is 43.4 Å². The number of thiazole rings is 1. The normalized spacial score (nSPS) is 14.0. The lowest BCUT2D eigenvalue weighted by Crippen LogP contribution is -2.40. The number of nitrogens with zero attached hydrogens (tertiary/aromatic N) is 2. The maximum atomic E-state index is 14.2. The van der Waals surface area contributed by atoms with Crippen molar-refractivity contribution < 1.29 is 33.3 Å². The van der Waals surface area contributed by atoms with E-state index in [1.165, 1.54) is 23.0 Å². The van der Waals surface area contributed by atoms with E-state index in [2.05, 4.69) is 11.6 Å². The summed E-state index contributed by atoms with van der Waals surface area (Å²) < 4.78 is 29.7. The average molecular weight is 683 g/mol. The highest BCUT2D eigenvalue weighted by atomic mass is 32.1. The first-order valence-electron chi connectivity index (χ1n) is 15.8. The van der Waals surface area contributed by atoms with Crippen molar-refractivity contribution in [2.24, 2.45) is 4.99 Å². The van der Waals surface area contributed by atoms with E-state index in [1.54, 1.807) is 32.0 Å². The molecule has 0 amide bonds. The Labute approximate surface area is 288 Å². The van der Waals surface area contributed by atoms with E-state index in [1.807, 2.05) is 67.6 Å². The second-order valence-corrected chi connectivity index (χ2v) is 11.9. The number of fused-ring (bicyclic) bond motifs is 1. The average Bonchev–Trinajstić information content (AvgIpc) is 3.40. The molecule has 1 aliphatic rings. The molecule has 0 spiro atoms. The Hall–Kier alpha value is -5.42. The number of rotatable bonds is 14. The third kappa shape index (κ3) is 8.01. The van der Waals surface area contributed by atoms with E-state index >= 15 is 0 Å². The molecule has 254 valence electrons. The molecule has 11 heteroatoms. The van der Waals surface area contributed by atoms with Gasteiger partial charge in [0.05, 0.1) is 42.2 Å². The van der Waals surface area contributed by atoms with Crippen LogP contribution in [0.15, 0.2) is 100 Å². The van der Waals surface area contributed by atoms with Gasteiger partial charge in [-0.05, 0) is 79.8 Å². The SMILES string of the molecule is C=CCc1cc(/C=c2\sc3n(c2=O)[C@H](c2ccc(OCC(=O)OC)c(OCC)c2)C(C(=O)OCC)=C(C)N=3)ccc1OCc1ccccc1. The Kier molecular flexibility index (Phi) is 11.5. The number of carbonyl (C=O) groups excluding carboxylic acids is 2. The van der Waals surface area contributed by atoms with Crippen molar-refractivity contribution in [2.45, 2.75) is 39.8 Å². The van der Waals surface area contributed by atoms with Crippen LogP contribution in [0.5, 0.6) is 17.2 Å². The van der Waals surface area contributed by atoms with Crippen LogP contribution < -0.4 is 29.1 Å². The van der Waals surface area contributed by atoms with Gasteiger partial charge in [-0.15, -0.1) is 6.58 Å². The fourth-order valence-corrected chi connectivity index (χ4v) is 6.46. The fraction of sp³-hybridized carbons (Fsp3) is 0.263. The highest BCUT2D eigenvalue weighted by Gasteiger charge is 2.34. The molecule has 0 N–H and O–H groups in total. The number of hydrogen-bond acceptors (Lipinski definition) is 10. The first-order valence-corrected chi connectivity index (χ1v) is 16.7. The predicted molar refractivity (Wildman–Crippen MR) is 187 cm³/mol. The molecule has 0 fully saturated rings. The van der Waals surface area contributed by atoms with E-state index in [-0.39, 0.29) is 24.3 Å². The van der Waals surface area contributed by atoms with Crippen LogP contribution >= 0.6 is 11.3 Å². The molecule has 5 rings (SSSR count). The Bertz CT molecular complexity index is 2060. The third-order valence-corrected chi connectivity index (χ3v) is 8.64. The minimum absolute atomic E-state index is 0.148. The van der Waals surface area contributed by atoms with Gasteiger partial charge in [0.25, 0.3) is 5.56 Å². The molecule has 2 heterocycles. The summed E-state index contributed by atoms with van der Waals surface area (Å²) in [5, 5.41) is 0. The molecule has 0 aliphatic carbocycles. The Morgan fingerprint density at radius 3 is 2.45 bits per heavy atom. The number of hydrogen-bond donors (Lipinski definition) is 0. The van der Waals surface area contributed by atoms with Crippen LogP contribution in [-0.2, 0) is 32.1 Å². The zero-order valence-electron chi connectivity index (χ0n) is 27.9. The summed E-state index contributed by atoms with van der Waals surface area (Å²) in [7, 11) is 1.27. The second kappa shape index (κ2) is 16.1. The largest absolute Gasteiger partial charge is 0.490 e. The Morgan fingerprint density at radius 1 is 0.959 bits per heavy atom. The molecule has 0 saturated heterocycles. The molecule has 0 bridgehead atoms. The van der Waals surface area contributed by atoms with E-state index in [4.69, 9.17) is 23.7 Å². The van der Waals surface area contributed by atoms with E-state index in [9.17, 15) is 14.4 Å². The maximum absolute atomic E-state index is 14.2. The molecule has 0 unspecified atom stereocenters. The van der Waals surface area contributed by atoms with Gasteiger partial charge in [0, 0.05) is 0 Å². The summed E-state index contributed by atoms with van der Waals surface area (Å²) in [6.07, 6.45) is 4.20. The van der Waals surface area contributed by atoms with Crippen molar-refractivity contribution in [3.05, 3.63) is 133 Å². The lowest BCUT2D eigenvalue weighted by atomic mass is 9.95. The molecule has 0 saturated carbocycles. The molecule has 3 aromatic carbocycles. The van der Waals surface area contributed by atoms with Crippen molar-refractivity contribution in [3.63, 3.8) is 0 Å². The molecule has 4 aromatic rings. The first-order chi connectivity index (χ1) is 23.8. The van der Waals surface area contributed by atoms with Gasteiger partial charge in [-0.1, -0.05) is 59.9 Å². The minimum atomic E-state index is -0.864. The molecule has 1 atom stereocenters. The number of carbonyl (C=O) groups is 2. The number of esters is 2. The monoisotopic (exact) mass is 682 g/mol. The lowest BCUT2D eigenvalue weighted by Gasteiger charge is -2.25. The van der Waals surface area contributed by atoms with Gasteiger partial charge in [-0.2, -0.15) is 0 Å². The van der Waals surface area contributed by atoms with Gasteiger partial charge in [0.2, 0.25) is 0 Å². The molecular formula is C38H38N2O8S. The second-order valence-electron chi connectivity index (χ2n) is 10.9. The smallest absolute Gasteiger partial charge is 0.343 e. The number of benzene rings is 3. The number of allylic oxidation sites excluding steroid dienone is 2. The Balaban J connectivity index is 1.58. The van der Waals surface area contributed by atoms with Crippen molar-refractivity contribution in [1.82, 2.24) is 4.57 Å². The van der Waals surface area contributed by atoms with Crippen molar-refractivity contribution in [2.75, 3.05) is 26.9 Å². The van der Waals surface area contributed by atoms with E-state index < -0.39 is 18.0 Å². The maximum Gasteiger partial charge on any atom is 0.343 e. The third-order valence-electron chi connectivity index (χ3n) is 7.66. The topological polar surface area (TPSA) is 115 Å². The molecule has 1 aliphatic heterocycles. The van der Waals surface area contributed by atoms with Gasteiger partial charge in [0.15, 0.2) is 22.9 Å². The fourth-order valence-electron chi connectivity index (χ4n) is 5.42. The lowest BCUT2D eigenvalue weighted by molar-refractivity contribution is -0.143. The first kappa shape index (κ1) is 34.9. The Morgan fingerprint density at radius 2 is 1.73 bits per heavy atom. The molecule has 1 aromatic heterocycles. The zero-order chi connectivity index (χ0) is 34.9. The standard InChI is InChI=1S/C38H38N2O8S/c1-6-12-27-19-26(15-17-29(27)47-22-25-13-10-9-11-14-25)20-32-36(42)40-35(34(37(43)46-8-3)24(4)39-38(40)49-32)28-16-18-30(31(21-28)45-7-2)48-23-33(41)44-5/h6,9-11,13-21,35H,1,7-8,12,22-23H2,2-5H3/b32-20-/t35-/m1/s1. The van der Waals surface area contributed by atoms with Gasteiger partial charge < -0.3 is 23.7 Å².